The summed E-state index contributed by atoms with van der Waals surface area (Å²) < 4.78 is 10.8. The number of ether oxygens (including phenoxy) is 1. The minimum Gasteiger partial charge on any atom is -0.480 e. The molecule has 0 aromatic carbocycles. The number of rotatable bonds is 4. The average molecular weight is 327 g/mol. The second kappa shape index (κ2) is 6.06. The highest BCUT2D eigenvalue weighted by Gasteiger charge is 2.27. The summed E-state index contributed by atoms with van der Waals surface area (Å²) in [6, 6.07) is 6.63. The number of hydroxylamine groups is 1. The zero-order chi connectivity index (χ0) is 17.3. The summed E-state index contributed by atoms with van der Waals surface area (Å²) in [7, 11) is 1.40. The van der Waals surface area contributed by atoms with Crippen LogP contribution in [0.4, 0.5) is 0 Å². The lowest BCUT2D eigenvalue weighted by atomic mass is 10.0. The number of hydrogen-bond acceptors (Lipinski definition) is 7. The minimum absolute atomic E-state index is 0.123. The largest absolute Gasteiger partial charge is 0.480 e. The lowest BCUT2D eigenvalue weighted by Gasteiger charge is -2.12. The van der Waals surface area contributed by atoms with Crippen molar-refractivity contribution in [3.63, 3.8) is 0 Å². The Morgan fingerprint density at radius 1 is 1.50 bits per heavy atom. The summed E-state index contributed by atoms with van der Waals surface area (Å²) in [5.41, 5.74) is 3.75. The van der Waals surface area contributed by atoms with Crippen LogP contribution in [0.5, 0.6) is 5.88 Å². The molecule has 1 aliphatic rings. The molecular weight excluding hydrogens is 314 g/mol. The highest BCUT2D eigenvalue weighted by atomic mass is 16.7. The Hall–Kier alpha value is -3.31. The van der Waals surface area contributed by atoms with Crippen LogP contribution in [0.25, 0.3) is 11.3 Å². The van der Waals surface area contributed by atoms with Crippen molar-refractivity contribution in [1.29, 1.82) is 5.26 Å². The van der Waals surface area contributed by atoms with E-state index < -0.39 is 12.0 Å². The van der Waals surface area contributed by atoms with Crippen molar-refractivity contribution in [2.45, 2.75) is 13.0 Å². The molecule has 2 aromatic heterocycles. The summed E-state index contributed by atoms with van der Waals surface area (Å²) >= 11 is 0. The lowest BCUT2D eigenvalue weighted by molar-refractivity contribution is -0.137. The number of carboxylic acids is 1. The number of pyridine rings is 1. The number of methoxy groups -OCH3 is 1. The lowest BCUT2D eigenvalue weighted by Crippen LogP contribution is -2.15. The van der Waals surface area contributed by atoms with Crippen molar-refractivity contribution in [3.8, 4) is 23.3 Å². The van der Waals surface area contributed by atoms with Crippen LogP contribution in [0.1, 0.15) is 23.1 Å². The minimum atomic E-state index is -1.19. The van der Waals surface area contributed by atoms with E-state index in [1.807, 2.05) is 0 Å². The second-order valence-electron chi connectivity index (χ2n) is 5.03. The third-order valence-electron chi connectivity index (χ3n) is 3.46. The number of nitriles is 1. The molecule has 0 saturated heterocycles. The standard InChI is InChI=1S/C16H13N3O5/c1-8-3-4-13(23-8)9-5-11(18-15(22-2)10(9)7-17)12-6-14(16(20)21)24-19-12/h3-6,12,19H,1-2H3,(H,20,21). The van der Waals surface area contributed by atoms with Gasteiger partial charge in [0, 0.05) is 5.56 Å². The number of furan rings is 1. The molecule has 8 nitrogen and oxygen atoms in total. The van der Waals surface area contributed by atoms with E-state index in [-0.39, 0.29) is 17.2 Å². The Kier molecular flexibility index (Phi) is 3.93. The van der Waals surface area contributed by atoms with Crippen LogP contribution in [0, 0.1) is 18.3 Å². The first kappa shape index (κ1) is 15.6. The van der Waals surface area contributed by atoms with E-state index in [9.17, 15) is 10.1 Å². The first-order valence-corrected chi connectivity index (χ1v) is 6.96. The Labute approximate surface area is 136 Å². The molecule has 0 bridgehead atoms. The van der Waals surface area contributed by atoms with Crippen LogP contribution in [-0.4, -0.2) is 23.2 Å². The van der Waals surface area contributed by atoms with Gasteiger partial charge >= 0.3 is 5.97 Å². The van der Waals surface area contributed by atoms with E-state index in [1.165, 1.54) is 13.2 Å². The Morgan fingerprint density at radius 3 is 2.83 bits per heavy atom. The number of aromatic nitrogens is 1. The predicted octanol–water partition coefficient (Wildman–Crippen LogP) is 2.07. The van der Waals surface area contributed by atoms with E-state index in [0.29, 0.717) is 22.8 Å². The number of carbonyl (C=O) groups is 1. The second-order valence-corrected chi connectivity index (χ2v) is 5.03. The van der Waals surface area contributed by atoms with Crippen molar-refractivity contribution in [2.75, 3.05) is 7.11 Å². The molecule has 0 aliphatic carbocycles. The molecule has 24 heavy (non-hydrogen) atoms. The number of aliphatic carboxylic acids is 1. The maximum absolute atomic E-state index is 11.0. The molecule has 0 saturated carbocycles. The summed E-state index contributed by atoms with van der Waals surface area (Å²) in [5.74, 6) is -0.0972. The molecule has 1 atom stereocenters. The Balaban J connectivity index is 2.12. The summed E-state index contributed by atoms with van der Waals surface area (Å²) in [6.07, 6.45) is 1.38. The third kappa shape index (κ3) is 2.68. The molecule has 3 rings (SSSR count). The van der Waals surface area contributed by atoms with Crippen molar-refractivity contribution in [1.82, 2.24) is 10.5 Å². The zero-order valence-electron chi connectivity index (χ0n) is 12.9. The third-order valence-corrected chi connectivity index (χ3v) is 3.46. The van der Waals surface area contributed by atoms with E-state index in [0.717, 1.165) is 0 Å². The number of hydrogen-bond donors (Lipinski definition) is 2. The van der Waals surface area contributed by atoms with Crippen LogP contribution < -0.4 is 10.2 Å². The van der Waals surface area contributed by atoms with Gasteiger partial charge in [0.15, 0.2) is 0 Å². The maximum atomic E-state index is 11.0. The number of carboxylic acid groups (broad SMARTS) is 1. The first-order chi connectivity index (χ1) is 11.5. The molecule has 0 spiro atoms. The molecule has 8 heteroatoms. The van der Waals surface area contributed by atoms with Crippen LogP contribution in [0.3, 0.4) is 0 Å². The average Bonchev–Trinajstić information content (AvgIpc) is 3.22. The fourth-order valence-electron chi connectivity index (χ4n) is 2.34. The summed E-state index contributed by atoms with van der Waals surface area (Å²) in [5, 5.41) is 18.4. The quantitative estimate of drug-likeness (QED) is 0.876. The molecule has 0 amide bonds. The SMILES string of the molecule is COc1nc(C2C=C(C(=O)O)ON2)cc(-c2ccc(C)o2)c1C#N. The van der Waals surface area contributed by atoms with Gasteiger partial charge in [-0.25, -0.2) is 9.78 Å². The fraction of sp³-hybridized carbons (Fsp3) is 0.188. The number of nitrogens with zero attached hydrogens (tertiary/aromatic N) is 2. The van der Waals surface area contributed by atoms with Gasteiger partial charge in [0.05, 0.1) is 12.8 Å². The van der Waals surface area contributed by atoms with Gasteiger partial charge < -0.3 is 19.1 Å². The van der Waals surface area contributed by atoms with Gasteiger partial charge in [-0.2, -0.15) is 5.26 Å². The van der Waals surface area contributed by atoms with Gasteiger partial charge in [-0.1, -0.05) is 0 Å². The summed E-state index contributed by atoms with van der Waals surface area (Å²) in [6.45, 7) is 1.79. The first-order valence-electron chi connectivity index (χ1n) is 6.96. The molecule has 0 radical (unpaired) electrons. The summed E-state index contributed by atoms with van der Waals surface area (Å²) in [4.78, 5) is 20.1. The van der Waals surface area contributed by atoms with Gasteiger partial charge in [0.2, 0.25) is 11.6 Å². The number of nitrogens with one attached hydrogen (secondary N) is 1. The Bertz CT molecular complexity index is 878. The molecule has 2 aromatic rings. The van der Waals surface area contributed by atoms with Gasteiger partial charge in [-0.15, -0.1) is 5.48 Å². The molecule has 1 aliphatic heterocycles. The predicted molar refractivity (Wildman–Crippen MR) is 80.6 cm³/mol. The van der Waals surface area contributed by atoms with Crippen molar-refractivity contribution < 1.29 is 23.9 Å². The van der Waals surface area contributed by atoms with Crippen molar-refractivity contribution in [3.05, 3.63) is 47.1 Å². The van der Waals surface area contributed by atoms with E-state index in [1.54, 1.807) is 25.1 Å². The zero-order valence-corrected chi connectivity index (χ0v) is 12.9. The normalized spacial score (nSPS) is 16.2. The molecule has 0 fully saturated rings. The molecule has 122 valence electrons. The van der Waals surface area contributed by atoms with Crippen molar-refractivity contribution >= 4 is 5.97 Å². The van der Waals surface area contributed by atoms with Gasteiger partial charge in [0.25, 0.3) is 0 Å². The Morgan fingerprint density at radius 2 is 2.29 bits per heavy atom. The highest BCUT2D eigenvalue weighted by Crippen LogP contribution is 2.34. The highest BCUT2D eigenvalue weighted by molar-refractivity contribution is 5.84. The van der Waals surface area contributed by atoms with Crippen LogP contribution in [-0.2, 0) is 9.63 Å². The molecule has 2 N–H and O–H groups in total. The van der Waals surface area contributed by atoms with Gasteiger partial charge in [-0.3, -0.25) is 0 Å². The van der Waals surface area contributed by atoms with Crippen LogP contribution in [0.2, 0.25) is 0 Å². The molecule has 3 heterocycles. The van der Waals surface area contributed by atoms with Gasteiger partial charge in [0.1, 0.15) is 29.2 Å². The topological polar surface area (TPSA) is 118 Å². The number of aryl methyl sites for hydroxylation is 1. The molecule has 1 unspecified atom stereocenters. The molecular formula is C16H13N3O5. The fourth-order valence-corrected chi connectivity index (χ4v) is 2.34. The van der Waals surface area contributed by atoms with Crippen LogP contribution >= 0.6 is 0 Å². The monoisotopic (exact) mass is 327 g/mol. The van der Waals surface area contributed by atoms with E-state index in [2.05, 4.69) is 16.5 Å². The van der Waals surface area contributed by atoms with Crippen molar-refractivity contribution in [2.24, 2.45) is 0 Å². The van der Waals surface area contributed by atoms with Gasteiger partial charge in [-0.05, 0) is 31.2 Å². The van der Waals surface area contributed by atoms with E-state index >= 15 is 0 Å². The maximum Gasteiger partial charge on any atom is 0.373 e. The van der Waals surface area contributed by atoms with E-state index in [4.69, 9.17) is 19.1 Å². The smallest absolute Gasteiger partial charge is 0.373 e. The van der Waals surface area contributed by atoms with Crippen LogP contribution in [0.15, 0.2) is 34.5 Å².